The number of hydrogen-bond donors (Lipinski definition) is 23. The molecule has 0 bridgehead atoms. The van der Waals surface area contributed by atoms with E-state index >= 15 is 4.79 Å². The number of aliphatic carboxylic acids is 1. The third kappa shape index (κ3) is 21.9. The molecular weight excluding hydrogens is 1850 g/mol. The van der Waals surface area contributed by atoms with Gasteiger partial charge in [0.2, 0.25) is 6.29 Å². The molecule has 53 atom stereocenters. The largest absolute Gasteiger partial charge is 0.479 e. The molecule has 0 aromatic heterocycles. The number of carbonyl (C=O) groups excluding carboxylic acids is 4. The first-order valence-corrected chi connectivity index (χ1v) is 48.8. The minimum atomic E-state index is -2.28. The highest BCUT2D eigenvalue weighted by Crippen LogP contribution is 2.76. The summed E-state index contributed by atoms with van der Waals surface area (Å²) in [5.74, 6) is -7.45. The van der Waals surface area contributed by atoms with Crippen molar-refractivity contribution in [3.05, 3.63) is 11.6 Å². The lowest BCUT2D eigenvalue weighted by molar-refractivity contribution is -0.394. The van der Waals surface area contributed by atoms with Crippen molar-refractivity contribution < 1.29 is 227 Å². The molecule has 8 saturated heterocycles. The Kier molecular flexibility index (Phi) is 36.0. The average Bonchev–Trinajstić information content (AvgIpc) is 0.698. The minimum absolute atomic E-state index is 0.00217. The molecule has 798 valence electrons. The summed E-state index contributed by atoms with van der Waals surface area (Å²) in [6, 6.07) is 0. The van der Waals surface area contributed by atoms with Crippen molar-refractivity contribution in [3.8, 4) is 0 Å². The maximum Gasteiger partial charge on any atom is 0.335 e. The van der Waals surface area contributed by atoms with Gasteiger partial charge in [-0.05, 0) is 130 Å². The summed E-state index contributed by atoms with van der Waals surface area (Å²) in [7, 11) is 0. The van der Waals surface area contributed by atoms with Crippen molar-refractivity contribution in [1.82, 2.24) is 0 Å². The third-order valence-corrected chi connectivity index (χ3v) is 33.5. The SMILES string of the molecule is CCC(C)C(CC(O)CC(=O)OC1C(O)C(C)OC(OC(=O)C23CCC(C)(C)CC2C2=CCC4C5(C)CCC(OC6OC(C(=O)O)C(O)C(OC7OC(C)C(O)C(O)C7O)C6OC6OC(CO)C(O)C(O)C6O)C(C)(C=O)C5CCC4(C)C2(C)CC3O)C1OC1OC(C)C(OC2OCC(O)C(OC3OCC(O)C(O)C3O)C2O)C(O)C1O)OC(=O)CC(O)CC(OC1OC(CO)C(O)C1O)C(C)CC. The Hall–Kier alpha value is -4.19. The molecule has 0 aromatic carbocycles. The highest BCUT2D eigenvalue weighted by molar-refractivity contribution is 5.80. The standard InChI is InChI=1S/C93H150O46/c1-14-35(3)46(127-54(102)26-41(98)25-47(36(4)15-2)128-83-65(113)60(108)49(31-95)129-83)24-40(97)27-55(103)132-73-57(105)38(6)125-85(76(73)137-82-68(116)63(111)71(39(7)126-82)133-80-70(118)72(45(100)33-123-80)134-79-64(112)58(106)44(99)32-122-79)139-87(121)93-23-22-88(8,9)28-43(93)42-16-17-51-89(10)20-19-53(90(11,34-96)50(89)18-21-91(51,12)92(42,13)29-52(93)101)131-86-77(138-84-67(115)62(110)59(107)48(30-94)130-84)74(69(117)75(136-86)78(119)120)135-81-66(114)61(109)56(104)37(5)124-81/h16,34-41,43-53,56-77,79-86,94-95,97-101,104-118H,14-15,17-33H2,1-13H3,(H,119,120). The zero-order valence-electron chi connectivity index (χ0n) is 80.5. The van der Waals surface area contributed by atoms with E-state index in [2.05, 4.69) is 26.8 Å². The Morgan fingerprint density at radius 3 is 1.60 bits per heavy atom. The monoisotopic (exact) mass is 2000 g/mol. The van der Waals surface area contributed by atoms with Gasteiger partial charge in [0.1, 0.15) is 158 Å². The summed E-state index contributed by atoms with van der Waals surface area (Å²) < 4.78 is 109. The lowest BCUT2D eigenvalue weighted by atomic mass is 9.33. The second-order valence-electron chi connectivity index (χ2n) is 42.9. The van der Waals surface area contributed by atoms with Gasteiger partial charge in [-0.3, -0.25) is 14.4 Å². The van der Waals surface area contributed by atoms with Gasteiger partial charge in [-0.15, -0.1) is 0 Å². The molecule has 46 nitrogen and oxygen atoms in total. The molecule has 53 unspecified atom stereocenters. The van der Waals surface area contributed by atoms with Crippen LogP contribution in [0.4, 0.5) is 0 Å². The molecule has 139 heavy (non-hydrogen) atoms. The lowest BCUT2D eigenvalue weighted by Crippen LogP contribution is -2.69. The van der Waals surface area contributed by atoms with Crippen molar-refractivity contribution >= 4 is 30.2 Å². The molecule has 8 heterocycles. The fourth-order valence-corrected chi connectivity index (χ4v) is 24.3. The van der Waals surface area contributed by atoms with Crippen molar-refractivity contribution in [1.29, 1.82) is 0 Å². The molecule has 8 aliphatic heterocycles. The van der Waals surface area contributed by atoms with Crippen LogP contribution in [0.2, 0.25) is 0 Å². The molecule has 0 radical (unpaired) electrons. The summed E-state index contributed by atoms with van der Waals surface area (Å²) in [6.07, 6.45) is -71.9. The number of aliphatic hydroxyl groups is 22. The van der Waals surface area contributed by atoms with Gasteiger partial charge in [0.15, 0.2) is 62.3 Å². The van der Waals surface area contributed by atoms with Crippen molar-refractivity contribution in [3.63, 3.8) is 0 Å². The van der Waals surface area contributed by atoms with E-state index in [4.69, 9.17) is 85.3 Å². The quantitative estimate of drug-likeness (QED) is 0.00941. The predicted octanol–water partition coefficient (Wildman–Crippen LogP) is -5.30. The number of esters is 3. The number of carboxylic acids is 1. The summed E-state index contributed by atoms with van der Waals surface area (Å²) in [4.78, 5) is 72.8. The fraction of sp³-hybridized carbons (Fsp3) is 0.925. The highest BCUT2D eigenvalue weighted by Gasteiger charge is 2.74. The zero-order chi connectivity index (χ0) is 102. The van der Waals surface area contributed by atoms with Gasteiger partial charge in [0.05, 0.1) is 93.5 Å². The van der Waals surface area contributed by atoms with Crippen LogP contribution in [0.5, 0.6) is 0 Å². The van der Waals surface area contributed by atoms with E-state index in [1.54, 1.807) is 27.7 Å². The van der Waals surface area contributed by atoms with E-state index in [1.807, 2.05) is 20.8 Å². The fourth-order valence-electron chi connectivity index (χ4n) is 24.3. The molecule has 13 aliphatic rings. The number of carbonyl (C=O) groups is 5. The normalized spacial score (nSPS) is 49.1. The maximum absolute atomic E-state index is 16.5. The topological polar surface area (TPSA) is 717 Å². The number of allylic oxidation sites excluding steroid dienone is 2. The Bertz CT molecular complexity index is 4120. The second kappa shape index (κ2) is 44.7. The summed E-state index contributed by atoms with van der Waals surface area (Å²) in [5, 5.41) is 257. The average molecular weight is 2000 g/mol. The van der Waals surface area contributed by atoms with Crippen LogP contribution in [0.25, 0.3) is 0 Å². The predicted molar refractivity (Wildman–Crippen MR) is 463 cm³/mol. The number of hydrogen-bond acceptors (Lipinski definition) is 45. The molecule has 0 amide bonds. The molecule has 0 aromatic rings. The first-order valence-electron chi connectivity index (χ1n) is 48.8. The van der Waals surface area contributed by atoms with Crippen LogP contribution >= 0.6 is 0 Å². The van der Waals surface area contributed by atoms with Gasteiger partial charge in [-0.2, -0.15) is 0 Å². The van der Waals surface area contributed by atoms with Crippen molar-refractivity contribution in [2.24, 2.45) is 62.1 Å². The first-order chi connectivity index (χ1) is 65.2. The Morgan fingerprint density at radius 2 is 0.978 bits per heavy atom. The number of carboxylic acid groups (broad SMARTS) is 1. The van der Waals surface area contributed by atoms with E-state index in [9.17, 15) is 137 Å². The van der Waals surface area contributed by atoms with Gasteiger partial charge < -0.3 is 208 Å². The van der Waals surface area contributed by atoms with E-state index < -0.39 is 384 Å². The number of aliphatic hydroxyl groups excluding tert-OH is 22. The summed E-state index contributed by atoms with van der Waals surface area (Å²) in [6.45, 7) is 20.5. The van der Waals surface area contributed by atoms with Crippen LogP contribution in [-0.4, -0.2) is 438 Å². The highest BCUT2D eigenvalue weighted by atomic mass is 16.8. The number of ether oxygens (including phenoxy) is 18. The second-order valence-corrected chi connectivity index (χ2v) is 42.9. The number of rotatable bonds is 34. The molecule has 4 saturated carbocycles. The molecule has 13 rings (SSSR count). The van der Waals surface area contributed by atoms with E-state index in [1.165, 1.54) is 20.8 Å². The zero-order valence-corrected chi connectivity index (χ0v) is 80.5. The van der Waals surface area contributed by atoms with Gasteiger partial charge in [0.25, 0.3) is 0 Å². The molecule has 0 spiro atoms. The molecular formula is C93H150O46. The Morgan fingerprint density at radius 1 is 0.468 bits per heavy atom. The molecule has 23 N–H and O–H groups in total. The molecule has 12 fully saturated rings. The van der Waals surface area contributed by atoms with E-state index in [0.717, 1.165) is 11.9 Å². The van der Waals surface area contributed by atoms with Gasteiger partial charge in [-0.25, -0.2) is 4.79 Å². The van der Waals surface area contributed by atoms with Gasteiger partial charge in [-0.1, -0.05) is 93.7 Å². The lowest BCUT2D eigenvalue weighted by Gasteiger charge is -2.71. The van der Waals surface area contributed by atoms with Gasteiger partial charge >= 0.3 is 23.9 Å². The molecule has 5 aliphatic carbocycles. The van der Waals surface area contributed by atoms with Crippen LogP contribution in [0.3, 0.4) is 0 Å². The van der Waals surface area contributed by atoms with Crippen LogP contribution in [-0.2, 0) is 109 Å². The Balaban J connectivity index is 0.764. The van der Waals surface area contributed by atoms with Crippen LogP contribution in [0, 0.1) is 62.1 Å². The van der Waals surface area contributed by atoms with Crippen molar-refractivity contribution in [2.75, 3.05) is 26.4 Å². The number of fused-ring (bicyclic) bond motifs is 7. The molecule has 46 heteroatoms. The van der Waals surface area contributed by atoms with Crippen LogP contribution in [0.1, 0.15) is 186 Å². The minimum Gasteiger partial charge on any atom is -0.479 e. The van der Waals surface area contributed by atoms with Gasteiger partial charge in [0, 0.05) is 12.8 Å². The summed E-state index contributed by atoms with van der Waals surface area (Å²) >= 11 is 0. The smallest absolute Gasteiger partial charge is 0.335 e. The number of aldehydes is 1. The summed E-state index contributed by atoms with van der Waals surface area (Å²) in [5.41, 5.74) is -5.63. The Labute approximate surface area is 804 Å². The van der Waals surface area contributed by atoms with Crippen molar-refractivity contribution in [2.45, 2.75) is 450 Å². The third-order valence-electron chi connectivity index (χ3n) is 33.5. The van der Waals surface area contributed by atoms with E-state index in [-0.39, 0.29) is 43.9 Å². The maximum atomic E-state index is 16.5. The van der Waals surface area contributed by atoms with E-state index in [0.29, 0.717) is 44.9 Å². The van der Waals surface area contributed by atoms with Crippen LogP contribution < -0.4 is 0 Å². The first kappa shape index (κ1) is 112. The van der Waals surface area contributed by atoms with Crippen LogP contribution in [0.15, 0.2) is 11.6 Å².